The minimum atomic E-state index is -1.20. The largest absolute Gasteiger partial charge is 0.497 e. The van der Waals surface area contributed by atoms with Crippen LogP contribution in [0.25, 0.3) is 22.2 Å². The summed E-state index contributed by atoms with van der Waals surface area (Å²) in [6, 6.07) is 16.2. The van der Waals surface area contributed by atoms with Gasteiger partial charge in [-0.15, -0.1) is 6.58 Å². The molecule has 1 aromatic heterocycles. The minimum absolute atomic E-state index is 0.101. The van der Waals surface area contributed by atoms with Gasteiger partial charge in [0, 0.05) is 35.4 Å². The molecule has 1 aliphatic heterocycles. The number of likely N-dealkylation sites (tertiary alicyclic amines) is 1. The second-order valence-electron chi connectivity index (χ2n) is 11.9. The second-order valence-corrected chi connectivity index (χ2v) is 11.9. The molecule has 0 bridgehead atoms. The lowest BCUT2D eigenvalue weighted by Crippen LogP contribution is -2.53. The fourth-order valence-electron chi connectivity index (χ4n) is 5.48. The Balaban J connectivity index is 1.46. The highest BCUT2D eigenvalue weighted by atomic mass is 16.6. The highest BCUT2D eigenvalue weighted by Crippen LogP contribution is 2.45. The molecule has 43 heavy (non-hydrogen) atoms. The van der Waals surface area contributed by atoms with Crippen LogP contribution in [0, 0.1) is 5.92 Å². The molecule has 2 aromatic carbocycles. The van der Waals surface area contributed by atoms with Crippen molar-refractivity contribution in [3.63, 3.8) is 0 Å². The lowest BCUT2D eigenvalue weighted by Gasteiger charge is -2.28. The van der Waals surface area contributed by atoms with Gasteiger partial charge in [-0.1, -0.05) is 36.4 Å². The summed E-state index contributed by atoms with van der Waals surface area (Å²) in [4.78, 5) is 45.8. The van der Waals surface area contributed by atoms with E-state index in [1.807, 2.05) is 54.6 Å². The van der Waals surface area contributed by atoms with Crippen molar-refractivity contribution in [3.05, 3.63) is 67.3 Å². The number of rotatable bonds is 8. The average molecular weight is 588 g/mol. The maximum atomic E-state index is 13.7. The van der Waals surface area contributed by atoms with Gasteiger partial charge in [-0.25, -0.2) is 14.6 Å². The molecule has 1 aliphatic carbocycles. The van der Waals surface area contributed by atoms with Crippen molar-refractivity contribution in [2.45, 2.75) is 56.9 Å². The molecule has 2 fully saturated rings. The van der Waals surface area contributed by atoms with E-state index >= 15 is 0 Å². The molecule has 1 saturated heterocycles. The van der Waals surface area contributed by atoms with E-state index in [1.54, 1.807) is 34.0 Å². The summed E-state index contributed by atoms with van der Waals surface area (Å²) >= 11 is 0. The van der Waals surface area contributed by atoms with Gasteiger partial charge in [-0.05, 0) is 39.3 Å². The molecule has 10 heteroatoms. The highest BCUT2D eigenvalue weighted by molar-refractivity contribution is 5.95. The van der Waals surface area contributed by atoms with Gasteiger partial charge in [-0.3, -0.25) is 9.69 Å². The Hall–Kier alpha value is -4.60. The van der Waals surface area contributed by atoms with Gasteiger partial charge >= 0.3 is 12.1 Å². The molecule has 1 unspecified atom stereocenters. The highest BCUT2D eigenvalue weighted by Gasteiger charge is 2.62. The quantitative estimate of drug-likeness (QED) is 0.292. The summed E-state index contributed by atoms with van der Waals surface area (Å²) in [6.07, 6.45) is 0.987. The summed E-state index contributed by atoms with van der Waals surface area (Å²) in [5.74, 6) is -0.0821. The first-order valence-electron chi connectivity index (χ1n) is 14.2. The molecule has 2 aliphatic rings. The van der Waals surface area contributed by atoms with Crippen molar-refractivity contribution in [2.24, 2.45) is 5.92 Å². The maximum Gasteiger partial charge on any atom is 0.411 e. The number of methoxy groups -OCH3 is 2. The van der Waals surface area contributed by atoms with Gasteiger partial charge in [0.25, 0.3) is 0 Å². The zero-order valence-electron chi connectivity index (χ0n) is 25.1. The Bertz CT molecular complexity index is 1550. The molecular formula is C33H37N3O7. The Morgan fingerprint density at radius 3 is 2.47 bits per heavy atom. The van der Waals surface area contributed by atoms with Crippen molar-refractivity contribution in [2.75, 3.05) is 20.8 Å². The third-order valence-corrected chi connectivity index (χ3v) is 7.73. The standard InChI is InChI=1S/C33H37N3O7/c1-7-21-18-33(21,30(38)41-6)35-29(37)27-16-23(19-36(27)31(39)43-32(2,3)4)42-28-17-25(20-11-9-8-10-12-20)34-26-15-22(40-5)13-14-24(26)28/h7-15,17,21,23,27H,1,16,18-19H2,2-6H3,(H,35,37)/t21?,23-,27+,33-/m1/s1. The fourth-order valence-corrected chi connectivity index (χ4v) is 5.48. The molecule has 0 spiro atoms. The Morgan fingerprint density at radius 1 is 1.09 bits per heavy atom. The number of hydrogen-bond donors (Lipinski definition) is 1. The third-order valence-electron chi connectivity index (χ3n) is 7.73. The molecule has 1 N–H and O–H groups in total. The van der Waals surface area contributed by atoms with E-state index < -0.39 is 41.3 Å². The van der Waals surface area contributed by atoms with Crippen LogP contribution in [-0.4, -0.2) is 71.9 Å². The van der Waals surface area contributed by atoms with E-state index in [9.17, 15) is 14.4 Å². The second kappa shape index (κ2) is 11.6. The van der Waals surface area contributed by atoms with E-state index in [1.165, 1.54) is 12.0 Å². The summed E-state index contributed by atoms with van der Waals surface area (Å²) in [5, 5.41) is 3.61. The summed E-state index contributed by atoms with van der Waals surface area (Å²) < 4.78 is 22.6. The number of amides is 2. The van der Waals surface area contributed by atoms with Crippen LogP contribution in [0.2, 0.25) is 0 Å². The van der Waals surface area contributed by atoms with Gasteiger partial charge in [0.05, 0.1) is 32.0 Å². The number of aromatic nitrogens is 1. The number of esters is 1. The zero-order valence-corrected chi connectivity index (χ0v) is 25.1. The van der Waals surface area contributed by atoms with Crippen LogP contribution in [0.1, 0.15) is 33.6 Å². The van der Waals surface area contributed by atoms with Crippen molar-refractivity contribution in [1.82, 2.24) is 15.2 Å². The van der Waals surface area contributed by atoms with Gasteiger partial charge in [-0.2, -0.15) is 0 Å². The monoisotopic (exact) mass is 587 g/mol. The van der Waals surface area contributed by atoms with E-state index in [0.29, 0.717) is 29.1 Å². The van der Waals surface area contributed by atoms with Crippen LogP contribution in [0.3, 0.4) is 0 Å². The van der Waals surface area contributed by atoms with Crippen LogP contribution in [0.15, 0.2) is 67.3 Å². The number of carbonyl (C=O) groups excluding carboxylic acids is 3. The number of hydrogen-bond acceptors (Lipinski definition) is 8. The smallest absolute Gasteiger partial charge is 0.411 e. The summed E-state index contributed by atoms with van der Waals surface area (Å²) in [7, 11) is 2.87. The predicted molar refractivity (Wildman–Crippen MR) is 161 cm³/mol. The number of benzene rings is 2. The molecule has 0 radical (unpaired) electrons. The SMILES string of the molecule is C=CC1C[C@]1(NC(=O)[C@@H]1C[C@@H](Oc2cc(-c3ccccc3)nc3cc(OC)ccc23)CN1C(=O)OC(C)(C)C)C(=O)OC. The first-order chi connectivity index (χ1) is 20.5. The van der Waals surface area contributed by atoms with Gasteiger partial charge in [0.15, 0.2) is 0 Å². The molecule has 2 heterocycles. The minimum Gasteiger partial charge on any atom is -0.497 e. The Kier molecular flexibility index (Phi) is 8.05. The number of nitrogens with zero attached hydrogens (tertiary/aromatic N) is 2. The lowest BCUT2D eigenvalue weighted by atomic mass is 10.1. The summed E-state index contributed by atoms with van der Waals surface area (Å²) in [5.41, 5.74) is 0.315. The molecule has 4 atom stereocenters. The Morgan fingerprint density at radius 2 is 1.84 bits per heavy atom. The van der Waals surface area contributed by atoms with Crippen molar-refractivity contribution in [1.29, 1.82) is 0 Å². The van der Waals surface area contributed by atoms with Gasteiger partial charge in [0.1, 0.15) is 34.8 Å². The predicted octanol–water partition coefficient (Wildman–Crippen LogP) is 4.90. The van der Waals surface area contributed by atoms with E-state index in [-0.39, 0.29) is 18.9 Å². The van der Waals surface area contributed by atoms with Crippen molar-refractivity contribution < 1.29 is 33.3 Å². The number of fused-ring (bicyclic) bond motifs is 1. The van der Waals surface area contributed by atoms with E-state index in [2.05, 4.69) is 11.9 Å². The average Bonchev–Trinajstić information content (AvgIpc) is 3.54. The van der Waals surface area contributed by atoms with Crippen molar-refractivity contribution >= 4 is 28.9 Å². The molecule has 10 nitrogen and oxygen atoms in total. The first kappa shape index (κ1) is 29.9. The number of carbonyl (C=O) groups is 3. The number of ether oxygens (including phenoxy) is 4. The normalized spacial score (nSPS) is 22.9. The van der Waals surface area contributed by atoms with Gasteiger partial charge < -0.3 is 24.3 Å². The molecule has 5 rings (SSSR count). The van der Waals surface area contributed by atoms with Crippen LogP contribution in [0.4, 0.5) is 4.79 Å². The molecule has 2 amide bonds. The number of nitrogens with one attached hydrogen (secondary N) is 1. The van der Waals surface area contributed by atoms with E-state index in [0.717, 1.165) is 10.9 Å². The topological polar surface area (TPSA) is 116 Å². The fraction of sp³-hybridized carbons (Fsp3) is 0.394. The van der Waals surface area contributed by atoms with Crippen LogP contribution >= 0.6 is 0 Å². The van der Waals surface area contributed by atoms with Crippen LogP contribution < -0.4 is 14.8 Å². The number of pyridine rings is 1. The van der Waals surface area contributed by atoms with Crippen LogP contribution in [0.5, 0.6) is 11.5 Å². The zero-order chi connectivity index (χ0) is 30.9. The van der Waals surface area contributed by atoms with E-state index in [4.69, 9.17) is 23.9 Å². The summed E-state index contributed by atoms with van der Waals surface area (Å²) in [6.45, 7) is 9.16. The molecule has 1 saturated carbocycles. The molecule has 226 valence electrons. The van der Waals surface area contributed by atoms with Crippen LogP contribution in [-0.2, 0) is 19.1 Å². The maximum absolute atomic E-state index is 13.7. The Labute approximate surface area is 251 Å². The van der Waals surface area contributed by atoms with Crippen molar-refractivity contribution in [3.8, 4) is 22.8 Å². The molecular weight excluding hydrogens is 550 g/mol. The van der Waals surface area contributed by atoms with Gasteiger partial charge in [0.2, 0.25) is 5.91 Å². The first-order valence-corrected chi connectivity index (χ1v) is 14.2. The lowest BCUT2D eigenvalue weighted by molar-refractivity contribution is -0.147. The molecule has 3 aromatic rings. The third kappa shape index (κ3) is 6.14.